The van der Waals surface area contributed by atoms with Crippen molar-refractivity contribution in [2.45, 2.75) is 51.2 Å². The van der Waals surface area contributed by atoms with Gasteiger partial charge in [0, 0.05) is 25.4 Å². The summed E-state index contributed by atoms with van der Waals surface area (Å²) in [6, 6.07) is 8.10. The standard InChI is InChI=1S/C21H31N3O4S/c1-16-15-18(5-6-19(16)24-12-9-20(22-24)28-14-13-25)17-7-10-23(11-8-17)29(26,27)21(2,3)4/h5-6,9,12,15,17,25H,7-8,10-11,13-14H2,1-4H3. The van der Waals surface area contributed by atoms with Gasteiger partial charge in [0.25, 0.3) is 0 Å². The summed E-state index contributed by atoms with van der Waals surface area (Å²) in [5, 5.41) is 13.2. The fourth-order valence-corrected chi connectivity index (χ4v) is 5.14. The molecule has 7 nitrogen and oxygen atoms in total. The van der Waals surface area contributed by atoms with Gasteiger partial charge in [0.15, 0.2) is 0 Å². The van der Waals surface area contributed by atoms with Crippen molar-refractivity contribution < 1.29 is 18.3 Å². The molecular formula is C21H31N3O4S. The molecule has 2 aromatic rings. The lowest BCUT2D eigenvalue weighted by atomic mass is 9.89. The van der Waals surface area contributed by atoms with E-state index >= 15 is 0 Å². The molecule has 0 aliphatic carbocycles. The molecule has 29 heavy (non-hydrogen) atoms. The Balaban J connectivity index is 1.69. The molecule has 1 aromatic carbocycles. The molecule has 1 aliphatic rings. The molecule has 0 bridgehead atoms. The minimum absolute atomic E-state index is 0.0452. The zero-order valence-electron chi connectivity index (χ0n) is 17.6. The van der Waals surface area contributed by atoms with Crippen molar-refractivity contribution in [2.75, 3.05) is 26.3 Å². The van der Waals surface area contributed by atoms with Crippen molar-refractivity contribution in [3.05, 3.63) is 41.6 Å². The highest BCUT2D eigenvalue weighted by Crippen LogP contribution is 2.33. The Kier molecular flexibility index (Phi) is 6.36. The average molecular weight is 422 g/mol. The zero-order valence-corrected chi connectivity index (χ0v) is 18.4. The van der Waals surface area contributed by atoms with Gasteiger partial charge in [-0.3, -0.25) is 0 Å². The van der Waals surface area contributed by atoms with E-state index in [2.05, 4.69) is 17.2 Å². The maximum absolute atomic E-state index is 12.7. The molecule has 0 spiro atoms. The minimum atomic E-state index is -3.27. The number of aliphatic hydroxyl groups excluding tert-OH is 1. The lowest BCUT2D eigenvalue weighted by Gasteiger charge is -2.35. The highest BCUT2D eigenvalue weighted by Gasteiger charge is 2.37. The Morgan fingerprint density at radius 2 is 1.90 bits per heavy atom. The van der Waals surface area contributed by atoms with Crippen molar-refractivity contribution in [2.24, 2.45) is 0 Å². The smallest absolute Gasteiger partial charge is 0.233 e. The second-order valence-electron chi connectivity index (χ2n) is 8.51. The number of hydrogen-bond donors (Lipinski definition) is 1. The molecule has 1 fully saturated rings. The Labute approximate surface area is 173 Å². The second kappa shape index (κ2) is 8.45. The molecular weight excluding hydrogens is 390 g/mol. The van der Waals surface area contributed by atoms with E-state index in [0.717, 1.165) is 24.1 Å². The first kappa shape index (κ1) is 21.8. The van der Waals surface area contributed by atoms with Crippen molar-refractivity contribution >= 4 is 10.0 Å². The van der Waals surface area contributed by atoms with Crippen LogP contribution in [0.5, 0.6) is 5.88 Å². The summed E-state index contributed by atoms with van der Waals surface area (Å²) >= 11 is 0. The maximum Gasteiger partial charge on any atom is 0.233 e. The fourth-order valence-electron chi connectivity index (χ4n) is 3.68. The number of aromatic nitrogens is 2. The van der Waals surface area contributed by atoms with Gasteiger partial charge in [-0.25, -0.2) is 17.4 Å². The molecule has 0 atom stereocenters. The average Bonchev–Trinajstić information content (AvgIpc) is 3.14. The van der Waals surface area contributed by atoms with Crippen LogP contribution in [0.1, 0.15) is 50.7 Å². The van der Waals surface area contributed by atoms with Crippen LogP contribution in [0.25, 0.3) is 5.69 Å². The van der Waals surface area contributed by atoms with Crippen molar-refractivity contribution in [3.63, 3.8) is 0 Å². The molecule has 8 heteroatoms. The third-order valence-electron chi connectivity index (χ3n) is 5.41. The molecule has 1 saturated heterocycles. The Morgan fingerprint density at radius 3 is 2.48 bits per heavy atom. The second-order valence-corrected chi connectivity index (χ2v) is 11.2. The molecule has 0 radical (unpaired) electrons. The highest BCUT2D eigenvalue weighted by atomic mass is 32.2. The van der Waals surface area contributed by atoms with E-state index in [0.29, 0.717) is 24.9 Å². The van der Waals surface area contributed by atoms with E-state index in [9.17, 15) is 8.42 Å². The largest absolute Gasteiger partial charge is 0.474 e. The van der Waals surface area contributed by atoms with Crippen LogP contribution in [0.3, 0.4) is 0 Å². The fraction of sp³-hybridized carbons (Fsp3) is 0.571. The molecule has 2 heterocycles. The van der Waals surface area contributed by atoms with Gasteiger partial charge >= 0.3 is 0 Å². The molecule has 0 saturated carbocycles. The van der Waals surface area contributed by atoms with Crippen LogP contribution in [0.2, 0.25) is 0 Å². The van der Waals surface area contributed by atoms with Crippen LogP contribution in [0.4, 0.5) is 0 Å². The summed E-state index contributed by atoms with van der Waals surface area (Å²) in [4.78, 5) is 0. The molecule has 1 aromatic heterocycles. The monoisotopic (exact) mass is 421 g/mol. The van der Waals surface area contributed by atoms with Crippen LogP contribution in [-0.4, -0.2) is 58.7 Å². The number of nitrogens with zero attached hydrogens (tertiary/aromatic N) is 3. The lowest BCUT2D eigenvalue weighted by molar-refractivity contribution is 0.196. The molecule has 160 valence electrons. The number of benzene rings is 1. The van der Waals surface area contributed by atoms with Crippen molar-refractivity contribution in [1.82, 2.24) is 14.1 Å². The summed E-state index contributed by atoms with van der Waals surface area (Å²) in [7, 11) is -3.27. The molecule has 0 amide bonds. The van der Waals surface area contributed by atoms with Gasteiger partial charge < -0.3 is 9.84 Å². The Morgan fingerprint density at radius 1 is 1.21 bits per heavy atom. The Bertz CT molecular complexity index is 939. The van der Waals surface area contributed by atoms with E-state index in [1.165, 1.54) is 5.56 Å². The normalized spacial score (nSPS) is 16.9. The third kappa shape index (κ3) is 4.65. The van der Waals surface area contributed by atoms with Crippen molar-refractivity contribution in [1.29, 1.82) is 0 Å². The quantitative estimate of drug-likeness (QED) is 0.775. The van der Waals surface area contributed by atoms with Crippen LogP contribution < -0.4 is 4.74 Å². The first-order valence-corrected chi connectivity index (χ1v) is 11.5. The highest BCUT2D eigenvalue weighted by molar-refractivity contribution is 7.90. The summed E-state index contributed by atoms with van der Waals surface area (Å²) in [5.41, 5.74) is 3.31. The van der Waals surface area contributed by atoms with Gasteiger partial charge in [0.1, 0.15) is 6.61 Å². The number of rotatable bonds is 6. The number of sulfonamides is 1. The van der Waals surface area contributed by atoms with E-state index < -0.39 is 14.8 Å². The molecule has 1 aliphatic heterocycles. The van der Waals surface area contributed by atoms with Crippen LogP contribution in [0, 0.1) is 6.92 Å². The number of ether oxygens (including phenoxy) is 1. The van der Waals surface area contributed by atoms with Gasteiger partial charge in [0.2, 0.25) is 15.9 Å². The van der Waals surface area contributed by atoms with E-state index in [-0.39, 0.29) is 13.2 Å². The molecule has 3 rings (SSSR count). The van der Waals surface area contributed by atoms with Crippen LogP contribution >= 0.6 is 0 Å². The zero-order chi connectivity index (χ0) is 21.2. The van der Waals surface area contributed by atoms with Gasteiger partial charge in [0.05, 0.1) is 17.0 Å². The van der Waals surface area contributed by atoms with Gasteiger partial charge in [-0.1, -0.05) is 12.1 Å². The first-order chi connectivity index (χ1) is 13.6. The minimum Gasteiger partial charge on any atom is -0.474 e. The summed E-state index contributed by atoms with van der Waals surface area (Å²) in [6.45, 7) is 8.62. The maximum atomic E-state index is 12.7. The molecule has 1 N–H and O–H groups in total. The number of hydrogen-bond acceptors (Lipinski definition) is 5. The number of aryl methyl sites for hydroxylation is 1. The van der Waals surface area contributed by atoms with Crippen LogP contribution in [-0.2, 0) is 10.0 Å². The predicted molar refractivity (Wildman–Crippen MR) is 113 cm³/mol. The van der Waals surface area contributed by atoms with Crippen molar-refractivity contribution in [3.8, 4) is 11.6 Å². The predicted octanol–water partition coefficient (Wildman–Crippen LogP) is 2.86. The first-order valence-electron chi connectivity index (χ1n) is 10.0. The van der Waals surface area contributed by atoms with E-state index in [1.807, 2.05) is 19.2 Å². The summed E-state index contributed by atoms with van der Waals surface area (Å²) in [5.74, 6) is 0.838. The van der Waals surface area contributed by atoms with Gasteiger partial charge in [-0.05, 0) is 63.6 Å². The van der Waals surface area contributed by atoms with Gasteiger partial charge in [-0.2, -0.15) is 0 Å². The third-order valence-corrected chi connectivity index (χ3v) is 8.01. The summed E-state index contributed by atoms with van der Waals surface area (Å²) < 4.78 is 33.3. The van der Waals surface area contributed by atoms with Gasteiger partial charge in [-0.15, -0.1) is 5.10 Å². The number of piperidine rings is 1. The van der Waals surface area contributed by atoms with E-state index in [4.69, 9.17) is 9.84 Å². The topological polar surface area (TPSA) is 84.7 Å². The lowest BCUT2D eigenvalue weighted by Crippen LogP contribution is -2.46. The number of aliphatic hydroxyl groups is 1. The summed E-state index contributed by atoms with van der Waals surface area (Å²) in [6.07, 6.45) is 3.49. The van der Waals surface area contributed by atoms with E-state index in [1.54, 1.807) is 35.8 Å². The van der Waals surface area contributed by atoms with Crippen LogP contribution in [0.15, 0.2) is 30.5 Å². The Hall–Kier alpha value is -1.90. The SMILES string of the molecule is Cc1cc(C2CCN(S(=O)(=O)C(C)(C)C)CC2)ccc1-n1ccc(OCCO)n1. The molecule has 0 unspecified atom stereocenters.